The van der Waals surface area contributed by atoms with Crippen LogP contribution in [-0.2, 0) is 6.54 Å². The summed E-state index contributed by atoms with van der Waals surface area (Å²) in [6, 6.07) is 13.0. The third kappa shape index (κ3) is 4.77. The summed E-state index contributed by atoms with van der Waals surface area (Å²) in [5, 5.41) is 8.13. The van der Waals surface area contributed by atoms with Crippen LogP contribution in [0.1, 0.15) is 29.6 Å². The maximum atomic E-state index is 15.7. The van der Waals surface area contributed by atoms with Crippen molar-refractivity contribution in [1.29, 1.82) is 0 Å². The van der Waals surface area contributed by atoms with Crippen LogP contribution in [0.2, 0.25) is 0 Å². The molecule has 1 fully saturated rings. The van der Waals surface area contributed by atoms with Crippen molar-refractivity contribution < 1.29 is 13.9 Å². The second kappa shape index (κ2) is 10.9. The number of halogens is 1. The molecule has 2 N–H and O–H groups in total. The average molecular weight is 567 g/mol. The van der Waals surface area contributed by atoms with E-state index < -0.39 is 17.2 Å². The first-order valence-corrected chi connectivity index (χ1v) is 14.4. The van der Waals surface area contributed by atoms with E-state index in [9.17, 15) is 9.59 Å². The molecule has 214 valence electrons. The monoisotopic (exact) mass is 566 g/mol. The molecule has 0 bridgehead atoms. The minimum absolute atomic E-state index is 0.0312. The van der Waals surface area contributed by atoms with Crippen LogP contribution in [0.5, 0.6) is 11.5 Å². The predicted molar refractivity (Wildman–Crippen MR) is 160 cm³/mol. The van der Waals surface area contributed by atoms with Crippen molar-refractivity contribution in [2.24, 2.45) is 0 Å². The molecule has 7 rings (SSSR count). The highest BCUT2D eigenvalue weighted by atomic mass is 19.1. The molecule has 0 radical (unpaired) electrons. The fraction of sp³-hybridized carbons (Fsp3) is 0.281. The van der Waals surface area contributed by atoms with Gasteiger partial charge in [-0.2, -0.15) is 0 Å². The van der Waals surface area contributed by atoms with Crippen LogP contribution in [0.4, 0.5) is 10.1 Å². The highest BCUT2D eigenvalue weighted by Crippen LogP contribution is 2.46. The number of pyridine rings is 1. The molecule has 42 heavy (non-hydrogen) atoms. The van der Waals surface area contributed by atoms with Gasteiger partial charge in [0.25, 0.3) is 5.91 Å². The summed E-state index contributed by atoms with van der Waals surface area (Å²) in [5.41, 5.74) is 0.726. The van der Waals surface area contributed by atoms with E-state index in [0.29, 0.717) is 36.6 Å². The van der Waals surface area contributed by atoms with Crippen molar-refractivity contribution in [2.75, 3.05) is 38.0 Å². The molecule has 0 unspecified atom stereocenters. The molecule has 1 saturated heterocycles. The Hall–Kier alpha value is -4.70. The van der Waals surface area contributed by atoms with Gasteiger partial charge in [-0.1, -0.05) is 24.3 Å². The zero-order valence-electron chi connectivity index (χ0n) is 23.1. The van der Waals surface area contributed by atoms with Crippen LogP contribution in [0, 0.1) is 5.82 Å². The van der Waals surface area contributed by atoms with E-state index in [1.165, 1.54) is 6.07 Å². The Labute approximate surface area is 241 Å². The number of nitrogens with one attached hydrogen (secondary N) is 2. The van der Waals surface area contributed by atoms with Crippen LogP contribution in [0.25, 0.3) is 27.4 Å². The minimum atomic E-state index is -0.611. The molecule has 9 nitrogen and oxygen atoms in total. The normalized spacial score (nSPS) is 14.2. The van der Waals surface area contributed by atoms with E-state index >= 15 is 4.39 Å². The maximum absolute atomic E-state index is 15.7. The number of hydrogen-bond donors (Lipinski definition) is 2. The molecule has 4 heterocycles. The standard InChI is InChI=1S/C32H31FN6O3/c33-25-18-23-29-31(28(25)35-8-5-13-38-14-9-34-20-38)42-27-17-22-7-2-1-6-21(22)16-26(27)39(29)19-24(30(23)40)32(41)36-10-15-37-11-3-4-12-37/h1-2,6-7,9,14,16-20,35H,3-5,8,10-13,15H2,(H,36,41). The van der Waals surface area contributed by atoms with Crippen molar-refractivity contribution in [2.45, 2.75) is 25.8 Å². The van der Waals surface area contributed by atoms with Gasteiger partial charge in [-0.05, 0) is 61.3 Å². The first-order chi connectivity index (χ1) is 20.6. The Bertz CT molecular complexity index is 1860. The molecule has 2 aromatic heterocycles. The van der Waals surface area contributed by atoms with Gasteiger partial charge < -0.3 is 29.4 Å². The molecule has 2 aliphatic rings. The minimum Gasteiger partial charge on any atom is -0.451 e. The maximum Gasteiger partial charge on any atom is 0.256 e. The highest BCUT2D eigenvalue weighted by molar-refractivity contribution is 6.02. The molecule has 5 aromatic rings. The van der Waals surface area contributed by atoms with Crippen molar-refractivity contribution >= 4 is 33.3 Å². The number of ether oxygens (including phenoxy) is 1. The zero-order valence-corrected chi connectivity index (χ0v) is 23.1. The van der Waals surface area contributed by atoms with Gasteiger partial charge in [0.05, 0.1) is 17.4 Å². The second-order valence-electron chi connectivity index (χ2n) is 10.9. The molecule has 3 aromatic carbocycles. The van der Waals surface area contributed by atoms with Crippen LogP contribution in [0.15, 0.2) is 72.2 Å². The first kappa shape index (κ1) is 26.2. The number of anilines is 1. The summed E-state index contributed by atoms with van der Waals surface area (Å²) in [6.07, 6.45) is 9.95. The quantitative estimate of drug-likeness (QED) is 0.242. The number of likely N-dealkylation sites (tertiary alicyclic amines) is 1. The van der Waals surface area contributed by atoms with Gasteiger partial charge in [0.1, 0.15) is 16.8 Å². The highest BCUT2D eigenvalue weighted by Gasteiger charge is 2.29. The molecule has 10 heteroatoms. The number of benzene rings is 3. The van der Waals surface area contributed by atoms with Crippen LogP contribution < -0.4 is 20.8 Å². The van der Waals surface area contributed by atoms with Crippen molar-refractivity contribution in [1.82, 2.24) is 24.3 Å². The number of aromatic nitrogens is 3. The number of hydrogen-bond acceptors (Lipinski definition) is 6. The lowest BCUT2D eigenvalue weighted by molar-refractivity contribution is 0.0948. The molecular formula is C32H31FN6O3. The van der Waals surface area contributed by atoms with Crippen molar-refractivity contribution in [3.8, 4) is 17.2 Å². The predicted octanol–water partition coefficient (Wildman–Crippen LogP) is 4.91. The lowest BCUT2D eigenvalue weighted by Gasteiger charge is -2.26. The first-order valence-electron chi connectivity index (χ1n) is 14.4. The lowest BCUT2D eigenvalue weighted by atomic mass is 10.0. The molecule has 1 amide bonds. The van der Waals surface area contributed by atoms with Gasteiger partial charge in [-0.3, -0.25) is 9.59 Å². The number of fused-ring (bicyclic) bond motifs is 3. The van der Waals surface area contributed by atoms with Gasteiger partial charge >= 0.3 is 0 Å². The van der Waals surface area contributed by atoms with E-state index in [2.05, 4.69) is 20.5 Å². The largest absolute Gasteiger partial charge is 0.451 e. The molecule has 0 spiro atoms. The Morgan fingerprint density at radius 3 is 2.64 bits per heavy atom. The van der Waals surface area contributed by atoms with E-state index in [-0.39, 0.29) is 22.4 Å². The lowest BCUT2D eigenvalue weighted by Crippen LogP contribution is -2.36. The molecule has 2 aliphatic heterocycles. The fourth-order valence-corrected chi connectivity index (χ4v) is 5.95. The summed E-state index contributed by atoms with van der Waals surface area (Å²) in [4.78, 5) is 33.3. The second-order valence-corrected chi connectivity index (χ2v) is 10.9. The number of imidazole rings is 1. The summed E-state index contributed by atoms with van der Waals surface area (Å²) in [5.74, 6) is -0.339. The number of nitrogens with zero attached hydrogens (tertiary/aromatic N) is 4. The molecule has 0 atom stereocenters. The zero-order chi connectivity index (χ0) is 28.6. The van der Waals surface area contributed by atoms with E-state index in [1.54, 1.807) is 23.3 Å². The smallest absolute Gasteiger partial charge is 0.256 e. The summed E-state index contributed by atoms with van der Waals surface area (Å²) in [7, 11) is 0. The summed E-state index contributed by atoms with van der Waals surface area (Å²) in [6.45, 7) is 4.39. The van der Waals surface area contributed by atoms with E-state index in [4.69, 9.17) is 4.74 Å². The summed E-state index contributed by atoms with van der Waals surface area (Å²) < 4.78 is 25.8. The molecule has 0 aliphatic carbocycles. The Kier molecular flexibility index (Phi) is 6.83. The van der Waals surface area contributed by atoms with Crippen LogP contribution in [0.3, 0.4) is 0 Å². The average Bonchev–Trinajstić information content (AvgIpc) is 3.71. The van der Waals surface area contributed by atoms with Gasteiger partial charge in [0.2, 0.25) is 5.43 Å². The van der Waals surface area contributed by atoms with E-state index in [0.717, 1.165) is 49.7 Å². The van der Waals surface area contributed by atoms with Gasteiger partial charge in [-0.15, -0.1) is 0 Å². The number of carbonyl (C=O) groups excluding carboxylic acids is 1. The fourth-order valence-electron chi connectivity index (χ4n) is 5.95. The third-order valence-electron chi connectivity index (χ3n) is 8.11. The van der Waals surface area contributed by atoms with Crippen molar-refractivity contribution in [3.05, 3.63) is 89.0 Å². The SMILES string of the molecule is O=C(NCCN1CCCC1)c1cn2c3c(c(NCCCn4ccnc4)c(F)cc3c1=O)Oc1cc3ccccc3cc1-2. The Morgan fingerprint density at radius 1 is 1.05 bits per heavy atom. The van der Waals surface area contributed by atoms with Gasteiger partial charge in [0.15, 0.2) is 17.3 Å². The van der Waals surface area contributed by atoms with Gasteiger partial charge in [-0.25, -0.2) is 9.37 Å². The Balaban J connectivity index is 1.29. The van der Waals surface area contributed by atoms with E-state index in [1.807, 2.05) is 47.2 Å². The number of rotatable bonds is 9. The number of amides is 1. The molecular weight excluding hydrogens is 535 g/mol. The molecule has 0 saturated carbocycles. The van der Waals surface area contributed by atoms with Crippen LogP contribution in [-0.4, -0.2) is 57.6 Å². The number of carbonyl (C=O) groups is 1. The van der Waals surface area contributed by atoms with Crippen LogP contribution >= 0.6 is 0 Å². The summed E-state index contributed by atoms with van der Waals surface area (Å²) >= 11 is 0. The third-order valence-corrected chi connectivity index (χ3v) is 8.11. The van der Waals surface area contributed by atoms with Crippen molar-refractivity contribution in [3.63, 3.8) is 0 Å². The topological polar surface area (TPSA) is 93.4 Å². The Morgan fingerprint density at radius 2 is 1.86 bits per heavy atom. The number of aryl methyl sites for hydroxylation is 1. The van der Waals surface area contributed by atoms with Gasteiger partial charge in [0, 0.05) is 44.8 Å².